The molecule has 0 aliphatic carbocycles. The first-order chi connectivity index (χ1) is 13.6. The molecule has 28 heavy (non-hydrogen) atoms. The minimum Gasteiger partial charge on any atom is -0.497 e. The third-order valence-corrected chi connectivity index (χ3v) is 5.38. The second-order valence-corrected chi connectivity index (χ2v) is 7.13. The number of likely N-dealkylation sites (tertiary alicyclic amines) is 1. The molecule has 0 atom stereocenters. The molecule has 1 heterocycles. The quantitative estimate of drug-likeness (QED) is 0.769. The van der Waals surface area contributed by atoms with E-state index in [0.29, 0.717) is 44.6 Å². The highest BCUT2D eigenvalue weighted by molar-refractivity contribution is 5.94. The molecule has 0 bridgehead atoms. The van der Waals surface area contributed by atoms with Gasteiger partial charge in [-0.25, -0.2) is 0 Å². The van der Waals surface area contributed by atoms with E-state index in [2.05, 4.69) is 0 Å². The number of benzene rings is 2. The van der Waals surface area contributed by atoms with Crippen LogP contribution < -0.4 is 4.74 Å². The highest BCUT2D eigenvalue weighted by Gasteiger charge is 2.30. The van der Waals surface area contributed by atoms with Gasteiger partial charge in [-0.3, -0.25) is 9.59 Å². The molecule has 3 rings (SSSR count). The largest absolute Gasteiger partial charge is 0.497 e. The fourth-order valence-corrected chi connectivity index (χ4v) is 3.65. The monoisotopic (exact) mass is 380 g/mol. The lowest BCUT2D eigenvalue weighted by molar-refractivity contribution is -0.137. The number of amides is 2. The van der Waals surface area contributed by atoms with Gasteiger partial charge in [0, 0.05) is 37.7 Å². The number of rotatable bonds is 6. The smallest absolute Gasteiger partial charge is 0.253 e. The van der Waals surface area contributed by atoms with Crippen LogP contribution >= 0.6 is 0 Å². The maximum absolute atomic E-state index is 13.0. The summed E-state index contributed by atoms with van der Waals surface area (Å²) in [5.74, 6) is 0.940. The number of methoxy groups -OCH3 is 1. The van der Waals surface area contributed by atoms with Crippen molar-refractivity contribution < 1.29 is 14.3 Å². The fourth-order valence-electron chi connectivity index (χ4n) is 3.65. The van der Waals surface area contributed by atoms with Crippen LogP contribution in [0.1, 0.15) is 35.7 Å². The zero-order chi connectivity index (χ0) is 19.9. The van der Waals surface area contributed by atoms with Crippen molar-refractivity contribution in [1.29, 1.82) is 0 Å². The first kappa shape index (κ1) is 19.9. The Morgan fingerprint density at radius 2 is 1.68 bits per heavy atom. The number of hydrogen-bond acceptors (Lipinski definition) is 3. The van der Waals surface area contributed by atoms with E-state index >= 15 is 0 Å². The van der Waals surface area contributed by atoms with E-state index in [1.54, 1.807) is 31.4 Å². The second-order valence-electron chi connectivity index (χ2n) is 7.13. The van der Waals surface area contributed by atoms with E-state index in [0.717, 1.165) is 11.3 Å². The van der Waals surface area contributed by atoms with Gasteiger partial charge in [0.25, 0.3) is 5.91 Å². The van der Waals surface area contributed by atoms with Crippen molar-refractivity contribution in [3.63, 3.8) is 0 Å². The van der Waals surface area contributed by atoms with Crippen LogP contribution in [0.3, 0.4) is 0 Å². The first-order valence-electron chi connectivity index (χ1n) is 9.88. The summed E-state index contributed by atoms with van der Waals surface area (Å²) in [6, 6.07) is 17.2. The lowest BCUT2D eigenvalue weighted by Crippen LogP contribution is -2.44. The molecule has 148 valence electrons. The van der Waals surface area contributed by atoms with Crippen LogP contribution in [-0.2, 0) is 11.3 Å². The maximum atomic E-state index is 13.0. The number of carbonyl (C=O) groups excluding carboxylic acids is 2. The topological polar surface area (TPSA) is 49.9 Å². The molecule has 0 spiro atoms. The Morgan fingerprint density at radius 3 is 2.25 bits per heavy atom. The predicted molar refractivity (Wildman–Crippen MR) is 109 cm³/mol. The third kappa shape index (κ3) is 4.71. The first-order valence-corrected chi connectivity index (χ1v) is 9.88. The molecule has 1 aliphatic rings. The predicted octanol–water partition coefficient (Wildman–Crippen LogP) is 3.60. The van der Waals surface area contributed by atoms with Crippen molar-refractivity contribution in [3.05, 3.63) is 65.7 Å². The number of piperidine rings is 1. The van der Waals surface area contributed by atoms with Gasteiger partial charge in [-0.1, -0.05) is 30.3 Å². The van der Waals surface area contributed by atoms with Crippen LogP contribution in [-0.4, -0.2) is 48.4 Å². The molecule has 5 heteroatoms. The molecular formula is C23H28N2O3. The average molecular weight is 380 g/mol. The van der Waals surface area contributed by atoms with E-state index in [4.69, 9.17) is 4.74 Å². The molecule has 0 unspecified atom stereocenters. The molecule has 2 aromatic carbocycles. The summed E-state index contributed by atoms with van der Waals surface area (Å²) in [5, 5.41) is 0. The van der Waals surface area contributed by atoms with Gasteiger partial charge >= 0.3 is 0 Å². The normalized spacial score (nSPS) is 14.6. The molecule has 2 aromatic rings. The minimum atomic E-state index is -0.0106. The lowest BCUT2D eigenvalue weighted by atomic mass is 9.94. The van der Waals surface area contributed by atoms with Crippen molar-refractivity contribution in [1.82, 2.24) is 9.80 Å². The standard InChI is InChI=1S/C23H28N2O3/c1-3-24(17-18-7-5-4-6-8-18)22(26)20-13-15-25(16-14-20)23(27)19-9-11-21(28-2)12-10-19/h4-12,20H,3,13-17H2,1-2H3. The van der Waals surface area contributed by atoms with E-state index in [1.807, 2.05) is 47.1 Å². The highest BCUT2D eigenvalue weighted by Crippen LogP contribution is 2.23. The fraction of sp³-hybridized carbons (Fsp3) is 0.391. The van der Waals surface area contributed by atoms with Gasteiger partial charge in [0.1, 0.15) is 5.75 Å². The molecule has 0 N–H and O–H groups in total. The van der Waals surface area contributed by atoms with Crippen LogP contribution in [0.4, 0.5) is 0 Å². The molecule has 1 saturated heterocycles. The van der Waals surface area contributed by atoms with Gasteiger partial charge in [0.15, 0.2) is 0 Å². The van der Waals surface area contributed by atoms with Crippen LogP contribution in [0, 0.1) is 5.92 Å². The highest BCUT2D eigenvalue weighted by atomic mass is 16.5. The Balaban J connectivity index is 1.56. The third-order valence-electron chi connectivity index (χ3n) is 5.38. The average Bonchev–Trinajstić information content (AvgIpc) is 2.77. The number of carbonyl (C=O) groups is 2. The SMILES string of the molecule is CCN(Cc1ccccc1)C(=O)C1CCN(C(=O)c2ccc(OC)cc2)CC1. The van der Waals surface area contributed by atoms with Crippen molar-refractivity contribution in [2.24, 2.45) is 5.92 Å². The Morgan fingerprint density at radius 1 is 1.04 bits per heavy atom. The molecule has 0 saturated carbocycles. The van der Waals surface area contributed by atoms with E-state index in [9.17, 15) is 9.59 Å². The Labute approximate surface area is 166 Å². The molecule has 1 fully saturated rings. The van der Waals surface area contributed by atoms with Crippen LogP contribution in [0.2, 0.25) is 0 Å². The van der Waals surface area contributed by atoms with Crippen molar-refractivity contribution in [2.75, 3.05) is 26.7 Å². The van der Waals surface area contributed by atoms with E-state index in [-0.39, 0.29) is 17.7 Å². The summed E-state index contributed by atoms with van der Waals surface area (Å²) in [5.41, 5.74) is 1.80. The number of hydrogen-bond donors (Lipinski definition) is 0. The maximum Gasteiger partial charge on any atom is 0.253 e. The zero-order valence-corrected chi connectivity index (χ0v) is 16.6. The van der Waals surface area contributed by atoms with Gasteiger partial charge in [0.2, 0.25) is 5.91 Å². The molecule has 5 nitrogen and oxygen atoms in total. The molecule has 0 radical (unpaired) electrons. The molecule has 0 aromatic heterocycles. The van der Waals surface area contributed by atoms with Gasteiger partial charge in [-0.2, -0.15) is 0 Å². The Bertz CT molecular complexity index is 781. The van der Waals surface area contributed by atoms with Crippen molar-refractivity contribution in [3.8, 4) is 5.75 Å². The zero-order valence-electron chi connectivity index (χ0n) is 16.6. The summed E-state index contributed by atoms with van der Waals surface area (Å²) in [6.45, 7) is 4.58. The number of ether oxygens (including phenoxy) is 1. The molecular weight excluding hydrogens is 352 g/mol. The summed E-state index contributed by atoms with van der Waals surface area (Å²) in [6.07, 6.45) is 1.43. The van der Waals surface area contributed by atoms with Gasteiger partial charge in [-0.15, -0.1) is 0 Å². The molecule has 1 aliphatic heterocycles. The summed E-state index contributed by atoms with van der Waals surface area (Å²) >= 11 is 0. The molecule has 2 amide bonds. The minimum absolute atomic E-state index is 0.0106. The van der Waals surface area contributed by atoms with Crippen LogP contribution in [0.5, 0.6) is 5.75 Å². The van der Waals surface area contributed by atoms with E-state index < -0.39 is 0 Å². The second kappa shape index (κ2) is 9.40. The Kier molecular flexibility index (Phi) is 6.69. The van der Waals surface area contributed by atoms with Crippen molar-refractivity contribution in [2.45, 2.75) is 26.3 Å². The Hall–Kier alpha value is -2.82. The van der Waals surface area contributed by atoms with Gasteiger partial charge < -0.3 is 14.5 Å². The van der Waals surface area contributed by atoms with E-state index in [1.165, 1.54) is 0 Å². The van der Waals surface area contributed by atoms with Crippen molar-refractivity contribution >= 4 is 11.8 Å². The summed E-state index contributed by atoms with van der Waals surface area (Å²) < 4.78 is 5.14. The van der Waals surface area contributed by atoms with Crippen LogP contribution in [0.15, 0.2) is 54.6 Å². The number of nitrogens with zero attached hydrogens (tertiary/aromatic N) is 2. The summed E-state index contributed by atoms with van der Waals surface area (Å²) in [4.78, 5) is 29.4. The van der Waals surface area contributed by atoms with Gasteiger partial charge in [0.05, 0.1) is 7.11 Å². The summed E-state index contributed by atoms with van der Waals surface area (Å²) in [7, 11) is 1.61. The van der Waals surface area contributed by atoms with Gasteiger partial charge in [-0.05, 0) is 49.6 Å². The van der Waals surface area contributed by atoms with Crippen LogP contribution in [0.25, 0.3) is 0 Å². The lowest BCUT2D eigenvalue weighted by Gasteiger charge is -2.34.